The first kappa shape index (κ1) is 27.1. The van der Waals surface area contributed by atoms with Gasteiger partial charge in [0, 0.05) is 48.3 Å². The van der Waals surface area contributed by atoms with Crippen LogP contribution >= 0.6 is 0 Å². The minimum Gasteiger partial charge on any atom is -0.493 e. The van der Waals surface area contributed by atoms with Crippen molar-refractivity contribution >= 4 is 11.6 Å². The minimum absolute atomic E-state index is 0.0453. The zero-order valence-corrected chi connectivity index (χ0v) is 23.4. The number of rotatable bonds is 8. The van der Waals surface area contributed by atoms with Crippen LogP contribution in [0.3, 0.4) is 0 Å². The molecule has 2 aliphatic rings. The lowest BCUT2D eigenvalue weighted by Gasteiger charge is -2.44. The number of aliphatic imine (C=N–C) groups is 1. The summed E-state index contributed by atoms with van der Waals surface area (Å²) in [7, 11) is 5.53. The highest BCUT2D eigenvalue weighted by Crippen LogP contribution is 2.44. The van der Waals surface area contributed by atoms with Gasteiger partial charge in [-0.2, -0.15) is 0 Å². The second kappa shape index (κ2) is 11.2. The molecule has 1 fully saturated rings. The zero-order valence-electron chi connectivity index (χ0n) is 23.4. The number of carbonyl (C=O) groups excluding carboxylic acids is 1. The summed E-state index contributed by atoms with van der Waals surface area (Å²) in [5.41, 5.74) is 4.76. The Hall–Kier alpha value is -2.90. The van der Waals surface area contributed by atoms with E-state index >= 15 is 0 Å². The Labute approximate surface area is 221 Å². The number of carbonyl (C=O) groups is 1. The predicted molar refractivity (Wildman–Crippen MR) is 147 cm³/mol. The number of methoxy groups -OCH3 is 2. The summed E-state index contributed by atoms with van der Waals surface area (Å²) in [6, 6.07) is 12.4. The van der Waals surface area contributed by atoms with Crippen LogP contribution in [0.2, 0.25) is 0 Å². The molecule has 7 nitrogen and oxygen atoms in total. The Balaban J connectivity index is 1.79. The molecule has 37 heavy (non-hydrogen) atoms. The van der Waals surface area contributed by atoms with E-state index in [1.807, 2.05) is 42.2 Å². The van der Waals surface area contributed by atoms with Crippen molar-refractivity contribution in [2.45, 2.75) is 71.3 Å². The smallest absolute Gasteiger partial charge is 0.254 e. The van der Waals surface area contributed by atoms with Gasteiger partial charge in [-0.05, 0) is 77.9 Å². The Morgan fingerprint density at radius 1 is 1.08 bits per heavy atom. The van der Waals surface area contributed by atoms with E-state index in [9.17, 15) is 4.79 Å². The van der Waals surface area contributed by atoms with E-state index in [1.54, 1.807) is 14.2 Å². The zero-order chi connectivity index (χ0) is 26.9. The van der Waals surface area contributed by atoms with Gasteiger partial charge in [0.15, 0.2) is 11.5 Å². The highest BCUT2D eigenvalue weighted by atomic mass is 16.5. The van der Waals surface area contributed by atoms with Crippen LogP contribution in [0.1, 0.15) is 74.0 Å². The first-order valence-corrected chi connectivity index (χ1v) is 13.3. The van der Waals surface area contributed by atoms with Crippen LogP contribution in [0.25, 0.3) is 0 Å². The van der Waals surface area contributed by atoms with Crippen LogP contribution in [-0.4, -0.2) is 80.2 Å². The van der Waals surface area contributed by atoms with Gasteiger partial charge in [-0.15, -0.1) is 0 Å². The van der Waals surface area contributed by atoms with Crippen molar-refractivity contribution in [3.8, 4) is 11.5 Å². The molecule has 1 amide bonds. The standard InChI is InChI=1S/C30H41N3O4/c1-9-37-26-16-22-23(17-25(26)35-7)28(31-24-14-15-32(6)30(36-8)27(22)24)20-10-12-21(13-11-20)29(34)33(18(2)3)19(4)5/h10-13,16-19,24,27,30H,9,14-15H2,1-8H3/t24-,27+,30?/m1/s1. The normalized spacial score (nSPS) is 21.4. The van der Waals surface area contributed by atoms with Gasteiger partial charge in [0.25, 0.3) is 5.91 Å². The number of nitrogens with zero attached hydrogens (tertiary/aromatic N) is 3. The van der Waals surface area contributed by atoms with Crippen molar-refractivity contribution in [2.75, 3.05) is 34.4 Å². The van der Waals surface area contributed by atoms with E-state index < -0.39 is 0 Å². The summed E-state index contributed by atoms with van der Waals surface area (Å²) in [6.45, 7) is 11.6. The number of ether oxygens (including phenoxy) is 3. The number of benzene rings is 2. The summed E-state index contributed by atoms with van der Waals surface area (Å²) in [5.74, 6) is 1.54. The van der Waals surface area contributed by atoms with E-state index in [0.717, 1.165) is 41.1 Å². The van der Waals surface area contributed by atoms with Crippen LogP contribution in [0.15, 0.2) is 41.4 Å². The lowest BCUT2D eigenvalue weighted by Crippen LogP contribution is -2.50. The van der Waals surface area contributed by atoms with Crippen molar-refractivity contribution in [1.82, 2.24) is 9.80 Å². The average molecular weight is 508 g/mol. The second-order valence-electron chi connectivity index (χ2n) is 10.5. The van der Waals surface area contributed by atoms with E-state index in [2.05, 4.69) is 45.7 Å². The van der Waals surface area contributed by atoms with Crippen molar-refractivity contribution in [3.63, 3.8) is 0 Å². The molecule has 4 rings (SSSR count). The van der Waals surface area contributed by atoms with Gasteiger partial charge in [0.2, 0.25) is 0 Å². The monoisotopic (exact) mass is 507 g/mol. The highest BCUT2D eigenvalue weighted by Gasteiger charge is 2.42. The van der Waals surface area contributed by atoms with Crippen LogP contribution in [0.4, 0.5) is 0 Å². The maximum atomic E-state index is 13.2. The summed E-state index contributed by atoms with van der Waals surface area (Å²) in [5, 5.41) is 0. The van der Waals surface area contributed by atoms with E-state index in [4.69, 9.17) is 19.2 Å². The number of likely N-dealkylation sites (tertiary alicyclic amines) is 1. The molecule has 2 heterocycles. The molecule has 0 N–H and O–H groups in total. The summed E-state index contributed by atoms with van der Waals surface area (Å²) >= 11 is 0. The molecular formula is C30H41N3O4. The van der Waals surface area contributed by atoms with E-state index in [1.165, 1.54) is 0 Å². The summed E-state index contributed by atoms with van der Waals surface area (Å²) in [4.78, 5) is 22.7. The molecule has 0 aromatic heterocycles. The highest BCUT2D eigenvalue weighted by molar-refractivity contribution is 6.15. The molecule has 0 aliphatic carbocycles. The molecule has 0 spiro atoms. The fraction of sp³-hybridized carbons (Fsp3) is 0.533. The fourth-order valence-electron chi connectivity index (χ4n) is 5.87. The van der Waals surface area contributed by atoms with Crippen LogP contribution in [-0.2, 0) is 4.74 Å². The maximum Gasteiger partial charge on any atom is 0.254 e. The van der Waals surface area contributed by atoms with Gasteiger partial charge >= 0.3 is 0 Å². The van der Waals surface area contributed by atoms with Crippen molar-refractivity contribution < 1.29 is 19.0 Å². The maximum absolute atomic E-state index is 13.2. The number of likely N-dealkylation sites (N-methyl/N-ethyl adjacent to an activating group) is 1. The number of piperidine rings is 1. The first-order valence-electron chi connectivity index (χ1n) is 13.3. The number of fused-ring (bicyclic) bond motifs is 3. The number of hydrogen-bond donors (Lipinski definition) is 0. The van der Waals surface area contributed by atoms with Crippen molar-refractivity contribution in [2.24, 2.45) is 4.99 Å². The summed E-state index contributed by atoms with van der Waals surface area (Å²) < 4.78 is 17.6. The Morgan fingerprint density at radius 2 is 1.76 bits per heavy atom. The van der Waals surface area contributed by atoms with Crippen LogP contribution in [0.5, 0.6) is 11.5 Å². The quantitative estimate of drug-likeness (QED) is 0.505. The molecule has 7 heteroatoms. The second-order valence-corrected chi connectivity index (χ2v) is 10.5. The van der Waals surface area contributed by atoms with Gasteiger partial charge < -0.3 is 19.1 Å². The number of amides is 1. The lowest BCUT2D eigenvalue weighted by atomic mass is 9.77. The molecule has 0 saturated carbocycles. The van der Waals surface area contributed by atoms with Crippen molar-refractivity contribution in [3.05, 3.63) is 58.7 Å². The average Bonchev–Trinajstić information content (AvgIpc) is 2.87. The van der Waals surface area contributed by atoms with Crippen molar-refractivity contribution in [1.29, 1.82) is 0 Å². The largest absolute Gasteiger partial charge is 0.493 e. The van der Waals surface area contributed by atoms with E-state index in [0.29, 0.717) is 17.9 Å². The molecule has 2 aromatic rings. The third-order valence-corrected chi connectivity index (χ3v) is 7.47. The molecule has 0 bridgehead atoms. The van der Waals surface area contributed by atoms with Crippen LogP contribution < -0.4 is 9.47 Å². The Bertz CT molecular complexity index is 1130. The molecular weight excluding hydrogens is 466 g/mol. The van der Waals surface area contributed by atoms with Crippen LogP contribution in [0, 0.1) is 0 Å². The third-order valence-electron chi connectivity index (χ3n) is 7.47. The Kier molecular flexibility index (Phi) is 8.24. The SMILES string of the molecule is CCOc1cc2c(cc1OC)C(c1ccc(C(=O)N(C(C)C)C(C)C)cc1)=N[C@@H]1CCN(C)C(OC)[C@@H]21. The third kappa shape index (κ3) is 5.12. The predicted octanol–water partition coefficient (Wildman–Crippen LogP) is 4.96. The van der Waals surface area contributed by atoms with Gasteiger partial charge in [0.1, 0.15) is 6.23 Å². The summed E-state index contributed by atoms with van der Waals surface area (Å²) in [6.07, 6.45) is 0.859. The van der Waals surface area contributed by atoms with Gasteiger partial charge in [-0.25, -0.2) is 0 Å². The molecule has 1 unspecified atom stereocenters. The van der Waals surface area contributed by atoms with Gasteiger partial charge in [-0.3, -0.25) is 14.7 Å². The first-order chi connectivity index (χ1) is 17.7. The molecule has 1 saturated heterocycles. The fourth-order valence-corrected chi connectivity index (χ4v) is 5.87. The molecule has 200 valence electrons. The number of hydrogen-bond acceptors (Lipinski definition) is 6. The molecule has 0 radical (unpaired) electrons. The van der Waals surface area contributed by atoms with Gasteiger partial charge in [-0.1, -0.05) is 12.1 Å². The molecule has 2 aliphatic heterocycles. The molecule has 2 aromatic carbocycles. The molecule has 3 atom stereocenters. The topological polar surface area (TPSA) is 63.6 Å². The minimum atomic E-state index is -0.0799. The van der Waals surface area contributed by atoms with E-state index in [-0.39, 0.29) is 36.2 Å². The lowest BCUT2D eigenvalue weighted by molar-refractivity contribution is -0.0625. The van der Waals surface area contributed by atoms with Gasteiger partial charge in [0.05, 0.1) is 25.5 Å². The Morgan fingerprint density at radius 3 is 2.32 bits per heavy atom.